The van der Waals surface area contributed by atoms with Crippen molar-refractivity contribution in [2.45, 2.75) is 25.9 Å². The molecule has 0 amide bonds. The van der Waals surface area contributed by atoms with Gasteiger partial charge in [-0.2, -0.15) is 0 Å². The van der Waals surface area contributed by atoms with E-state index in [9.17, 15) is 9.18 Å². The van der Waals surface area contributed by atoms with Crippen molar-refractivity contribution in [3.05, 3.63) is 29.3 Å². The van der Waals surface area contributed by atoms with E-state index < -0.39 is 12.6 Å². The van der Waals surface area contributed by atoms with E-state index in [0.717, 1.165) is 5.56 Å². The zero-order valence-electron chi connectivity index (χ0n) is 9.20. The highest BCUT2D eigenvalue weighted by atomic mass is 19.1. The predicted octanol–water partition coefficient (Wildman–Crippen LogP) is 2.57. The Kier molecular flexibility index (Phi) is 4.76. The summed E-state index contributed by atoms with van der Waals surface area (Å²) in [4.78, 5) is 10.4. The molecule has 0 aliphatic carbocycles. The van der Waals surface area contributed by atoms with E-state index in [1.54, 1.807) is 18.2 Å². The molecule has 0 aromatic heterocycles. The summed E-state index contributed by atoms with van der Waals surface area (Å²) in [6.45, 7) is -0.591. The number of halogens is 1. The number of hydrogen-bond donors (Lipinski definition) is 1. The van der Waals surface area contributed by atoms with Crippen LogP contribution in [0.3, 0.4) is 0 Å². The minimum Gasteiger partial charge on any atom is -0.496 e. The quantitative estimate of drug-likeness (QED) is 0.810. The predicted molar refractivity (Wildman–Crippen MR) is 58.4 cm³/mol. The molecule has 1 aromatic carbocycles. The molecule has 0 unspecified atom stereocenters. The maximum absolute atomic E-state index is 12.8. The van der Waals surface area contributed by atoms with Crippen LogP contribution in [0.4, 0.5) is 4.39 Å². The summed E-state index contributed by atoms with van der Waals surface area (Å²) in [5.41, 5.74) is 1.35. The number of hydrogen-bond acceptors (Lipinski definition) is 2. The number of carboxylic acid groups (broad SMARTS) is 1. The van der Waals surface area contributed by atoms with E-state index in [4.69, 9.17) is 9.84 Å². The fourth-order valence-electron chi connectivity index (χ4n) is 1.62. The SMILES string of the molecule is COc1cccc(CCCC(=O)O)c1CF. The van der Waals surface area contributed by atoms with Crippen molar-refractivity contribution in [1.82, 2.24) is 0 Å². The Balaban J connectivity index is 2.74. The van der Waals surface area contributed by atoms with Crippen LogP contribution >= 0.6 is 0 Å². The van der Waals surface area contributed by atoms with Crippen molar-refractivity contribution >= 4 is 5.97 Å². The maximum atomic E-state index is 12.8. The first-order valence-electron chi connectivity index (χ1n) is 5.11. The van der Waals surface area contributed by atoms with Crippen molar-refractivity contribution in [2.24, 2.45) is 0 Å². The standard InChI is InChI=1S/C12H15FO3/c1-16-11-6-2-4-9(10(11)8-13)5-3-7-12(14)15/h2,4,6H,3,5,7-8H2,1H3,(H,14,15). The second-order valence-corrected chi connectivity index (χ2v) is 3.48. The van der Waals surface area contributed by atoms with Crippen LogP contribution < -0.4 is 4.74 Å². The molecule has 3 nitrogen and oxygen atoms in total. The molecule has 4 heteroatoms. The van der Waals surface area contributed by atoms with Crippen molar-refractivity contribution in [3.8, 4) is 5.75 Å². The van der Waals surface area contributed by atoms with Gasteiger partial charge in [0.2, 0.25) is 0 Å². The highest BCUT2D eigenvalue weighted by Crippen LogP contribution is 2.24. The van der Waals surface area contributed by atoms with E-state index in [0.29, 0.717) is 24.2 Å². The van der Waals surface area contributed by atoms with Crippen LogP contribution in [0.15, 0.2) is 18.2 Å². The molecule has 1 N–H and O–H groups in total. The number of benzene rings is 1. The lowest BCUT2D eigenvalue weighted by Gasteiger charge is -2.10. The average molecular weight is 226 g/mol. The van der Waals surface area contributed by atoms with Crippen molar-refractivity contribution in [3.63, 3.8) is 0 Å². The molecule has 0 aliphatic heterocycles. The molecule has 0 saturated heterocycles. The molecule has 0 atom stereocenters. The molecule has 0 radical (unpaired) electrons. The van der Waals surface area contributed by atoms with Gasteiger partial charge in [0.15, 0.2) is 0 Å². The summed E-state index contributed by atoms with van der Waals surface area (Å²) < 4.78 is 17.9. The number of ether oxygens (including phenoxy) is 1. The van der Waals surface area contributed by atoms with Crippen molar-refractivity contribution in [1.29, 1.82) is 0 Å². The van der Waals surface area contributed by atoms with Gasteiger partial charge in [0, 0.05) is 12.0 Å². The minimum atomic E-state index is -0.829. The van der Waals surface area contributed by atoms with Crippen LogP contribution in [0.25, 0.3) is 0 Å². The number of alkyl halides is 1. The molecular weight excluding hydrogens is 211 g/mol. The Labute approximate surface area is 93.9 Å². The first-order valence-corrected chi connectivity index (χ1v) is 5.11. The molecule has 1 rings (SSSR count). The summed E-state index contributed by atoms with van der Waals surface area (Å²) in [5, 5.41) is 8.52. The smallest absolute Gasteiger partial charge is 0.303 e. The van der Waals surface area contributed by atoms with Gasteiger partial charge < -0.3 is 9.84 Å². The fourth-order valence-corrected chi connectivity index (χ4v) is 1.62. The van der Waals surface area contributed by atoms with Gasteiger partial charge in [-0.25, -0.2) is 4.39 Å². The molecule has 0 fully saturated rings. The largest absolute Gasteiger partial charge is 0.496 e. The average Bonchev–Trinajstić information content (AvgIpc) is 2.28. The minimum absolute atomic E-state index is 0.100. The first kappa shape index (κ1) is 12.5. The molecule has 16 heavy (non-hydrogen) atoms. The van der Waals surface area contributed by atoms with Crippen molar-refractivity contribution < 1.29 is 19.0 Å². The highest BCUT2D eigenvalue weighted by molar-refractivity contribution is 5.66. The summed E-state index contributed by atoms with van der Waals surface area (Å²) in [6.07, 6.45) is 1.17. The van der Waals surface area contributed by atoms with E-state index >= 15 is 0 Å². The van der Waals surface area contributed by atoms with Crippen LogP contribution in [0.5, 0.6) is 5.75 Å². The molecule has 88 valence electrons. The first-order chi connectivity index (χ1) is 7.69. The van der Waals surface area contributed by atoms with Crippen LogP contribution in [0.2, 0.25) is 0 Å². The number of carbonyl (C=O) groups is 1. The van der Waals surface area contributed by atoms with Gasteiger partial charge in [0.1, 0.15) is 12.4 Å². The molecule has 0 spiro atoms. The molecule has 0 saturated carbocycles. The lowest BCUT2D eigenvalue weighted by molar-refractivity contribution is -0.137. The second-order valence-electron chi connectivity index (χ2n) is 3.48. The number of methoxy groups -OCH3 is 1. The van der Waals surface area contributed by atoms with E-state index in [1.807, 2.05) is 0 Å². The van der Waals surface area contributed by atoms with Gasteiger partial charge in [-0.1, -0.05) is 12.1 Å². The topological polar surface area (TPSA) is 46.5 Å². The van der Waals surface area contributed by atoms with E-state index in [2.05, 4.69) is 0 Å². The van der Waals surface area contributed by atoms with Crippen LogP contribution in [-0.4, -0.2) is 18.2 Å². The van der Waals surface area contributed by atoms with Gasteiger partial charge in [-0.05, 0) is 24.5 Å². The zero-order chi connectivity index (χ0) is 12.0. The van der Waals surface area contributed by atoms with Crippen LogP contribution in [0, 0.1) is 0 Å². The number of aryl methyl sites for hydroxylation is 1. The lowest BCUT2D eigenvalue weighted by atomic mass is 10.0. The molecule has 1 aromatic rings. The van der Waals surface area contributed by atoms with Gasteiger partial charge in [-0.3, -0.25) is 4.79 Å². The Bertz CT molecular complexity index is 363. The number of carboxylic acids is 1. The zero-order valence-corrected chi connectivity index (χ0v) is 9.20. The molecule has 0 aliphatic rings. The monoisotopic (exact) mass is 226 g/mol. The van der Waals surface area contributed by atoms with Crippen LogP contribution in [0.1, 0.15) is 24.0 Å². The van der Waals surface area contributed by atoms with E-state index in [-0.39, 0.29) is 6.42 Å². The van der Waals surface area contributed by atoms with E-state index in [1.165, 1.54) is 7.11 Å². The third-order valence-electron chi connectivity index (χ3n) is 2.42. The highest BCUT2D eigenvalue weighted by Gasteiger charge is 2.08. The Hall–Kier alpha value is -1.58. The number of rotatable bonds is 6. The Morgan fingerprint density at radius 3 is 2.81 bits per heavy atom. The summed E-state index contributed by atoms with van der Waals surface area (Å²) in [6, 6.07) is 5.29. The third kappa shape index (κ3) is 3.22. The summed E-state index contributed by atoms with van der Waals surface area (Å²) >= 11 is 0. The summed E-state index contributed by atoms with van der Waals surface area (Å²) in [7, 11) is 1.50. The molecular formula is C12H15FO3. The van der Waals surface area contributed by atoms with Gasteiger partial charge in [0.25, 0.3) is 0 Å². The Morgan fingerprint density at radius 1 is 1.50 bits per heavy atom. The van der Waals surface area contributed by atoms with Crippen LogP contribution in [-0.2, 0) is 17.9 Å². The lowest BCUT2D eigenvalue weighted by Crippen LogP contribution is -1.99. The number of aliphatic carboxylic acids is 1. The maximum Gasteiger partial charge on any atom is 0.303 e. The normalized spacial score (nSPS) is 10.1. The van der Waals surface area contributed by atoms with Gasteiger partial charge in [-0.15, -0.1) is 0 Å². The second kappa shape index (κ2) is 6.10. The summed E-state index contributed by atoms with van der Waals surface area (Å²) in [5.74, 6) is -0.306. The van der Waals surface area contributed by atoms with Crippen molar-refractivity contribution in [2.75, 3.05) is 7.11 Å². The molecule has 0 bridgehead atoms. The van der Waals surface area contributed by atoms with Gasteiger partial charge >= 0.3 is 5.97 Å². The third-order valence-corrected chi connectivity index (χ3v) is 2.42. The Morgan fingerprint density at radius 2 is 2.25 bits per heavy atom. The molecule has 0 heterocycles. The van der Waals surface area contributed by atoms with Gasteiger partial charge in [0.05, 0.1) is 7.11 Å². The fraction of sp³-hybridized carbons (Fsp3) is 0.417.